The Morgan fingerprint density at radius 2 is 2.14 bits per heavy atom. The van der Waals surface area contributed by atoms with Crippen LogP contribution in [0.4, 0.5) is 0 Å². The van der Waals surface area contributed by atoms with Crippen molar-refractivity contribution in [3.63, 3.8) is 0 Å². The summed E-state index contributed by atoms with van der Waals surface area (Å²) in [5.41, 5.74) is 7.49. The lowest BCUT2D eigenvalue weighted by Crippen LogP contribution is -2.37. The summed E-state index contributed by atoms with van der Waals surface area (Å²) >= 11 is 1.84. The molecule has 2 aromatic rings. The van der Waals surface area contributed by atoms with E-state index in [4.69, 9.17) is 5.73 Å². The number of thiophene rings is 1. The minimum atomic E-state index is 0.391. The van der Waals surface area contributed by atoms with Crippen LogP contribution in [0.2, 0.25) is 0 Å². The lowest BCUT2D eigenvalue weighted by atomic mass is 9.75. The summed E-state index contributed by atoms with van der Waals surface area (Å²) < 4.78 is 1.44. The van der Waals surface area contributed by atoms with Crippen LogP contribution < -0.4 is 5.73 Å². The van der Waals surface area contributed by atoms with Gasteiger partial charge in [0.15, 0.2) is 0 Å². The maximum absolute atomic E-state index is 6.02. The summed E-state index contributed by atoms with van der Waals surface area (Å²) in [7, 11) is 0. The van der Waals surface area contributed by atoms with Crippen LogP contribution in [-0.2, 0) is 0 Å². The Hall–Kier alpha value is -0.860. The van der Waals surface area contributed by atoms with Gasteiger partial charge in [-0.05, 0) is 35.2 Å². The third kappa shape index (κ3) is 1.11. The van der Waals surface area contributed by atoms with E-state index in [0.717, 1.165) is 0 Å². The summed E-state index contributed by atoms with van der Waals surface area (Å²) in [6.45, 7) is 0. The SMILES string of the molecule is NC1CCC1c1cccc2ccsc12. The van der Waals surface area contributed by atoms with Crippen LogP contribution in [0.3, 0.4) is 0 Å². The Morgan fingerprint density at radius 3 is 2.86 bits per heavy atom. The number of hydrogen-bond acceptors (Lipinski definition) is 2. The van der Waals surface area contributed by atoms with Gasteiger partial charge in [-0.15, -0.1) is 11.3 Å². The number of benzene rings is 1. The van der Waals surface area contributed by atoms with Crippen molar-refractivity contribution in [3.05, 3.63) is 35.2 Å². The monoisotopic (exact) mass is 203 g/mol. The van der Waals surface area contributed by atoms with Gasteiger partial charge in [-0.3, -0.25) is 0 Å². The fourth-order valence-corrected chi connectivity index (χ4v) is 3.20. The second kappa shape index (κ2) is 3.07. The molecule has 2 N–H and O–H groups in total. The normalized spacial score (nSPS) is 26.4. The van der Waals surface area contributed by atoms with Crippen molar-refractivity contribution in [1.82, 2.24) is 0 Å². The van der Waals surface area contributed by atoms with Crippen molar-refractivity contribution in [3.8, 4) is 0 Å². The van der Waals surface area contributed by atoms with E-state index in [2.05, 4.69) is 29.6 Å². The molecule has 1 saturated carbocycles. The molecule has 1 aromatic carbocycles. The molecule has 1 fully saturated rings. The molecule has 0 amide bonds. The fraction of sp³-hybridized carbons (Fsp3) is 0.333. The van der Waals surface area contributed by atoms with Crippen LogP contribution in [0.1, 0.15) is 24.3 Å². The van der Waals surface area contributed by atoms with Crippen LogP contribution in [0.5, 0.6) is 0 Å². The molecule has 0 radical (unpaired) electrons. The highest BCUT2D eigenvalue weighted by Gasteiger charge is 2.29. The highest BCUT2D eigenvalue weighted by atomic mass is 32.1. The molecule has 1 aliphatic carbocycles. The molecule has 0 aliphatic heterocycles. The molecule has 14 heavy (non-hydrogen) atoms. The van der Waals surface area contributed by atoms with Gasteiger partial charge in [-0.1, -0.05) is 18.2 Å². The van der Waals surface area contributed by atoms with Gasteiger partial charge in [0.1, 0.15) is 0 Å². The zero-order valence-electron chi connectivity index (χ0n) is 7.94. The molecular weight excluding hydrogens is 190 g/mol. The first-order chi connectivity index (χ1) is 6.86. The second-order valence-electron chi connectivity index (χ2n) is 4.03. The number of fused-ring (bicyclic) bond motifs is 1. The molecule has 2 atom stereocenters. The van der Waals surface area contributed by atoms with E-state index in [9.17, 15) is 0 Å². The Bertz CT molecular complexity index is 460. The van der Waals surface area contributed by atoms with Crippen LogP contribution in [-0.4, -0.2) is 6.04 Å². The maximum Gasteiger partial charge on any atom is 0.0378 e. The summed E-state index contributed by atoms with van der Waals surface area (Å²) in [4.78, 5) is 0. The molecule has 1 heterocycles. The Balaban J connectivity index is 2.15. The van der Waals surface area contributed by atoms with Crippen molar-refractivity contribution in [2.45, 2.75) is 24.8 Å². The fourth-order valence-electron chi connectivity index (χ4n) is 2.22. The minimum absolute atomic E-state index is 0.391. The highest BCUT2D eigenvalue weighted by molar-refractivity contribution is 7.17. The van der Waals surface area contributed by atoms with E-state index >= 15 is 0 Å². The van der Waals surface area contributed by atoms with Crippen LogP contribution in [0.15, 0.2) is 29.6 Å². The van der Waals surface area contributed by atoms with Gasteiger partial charge in [0.05, 0.1) is 0 Å². The number of nitrogens with two attached hydrogens (primary N) is 1. The molecule has 1 aliphatic rings. The van der Waals surface area contributed by atoms with Crippen molar-refractivity contribution < 1.29 is 0 Å². The van der Waals surface area contributed by atoms with E-state index in [0.29, 0.717) is 12.0 Å². The molecule has 2 unspecified atom stereocenters. The third-order valence-electron chi connectivity index (χ3n) is 3.24. The molecule has 72 valence electrons. The summed E-state index contributed by atoms with van der Waals surface area (Å²) in [6.07, 6.45) is 2.45. The van der Waals surface area contributed by atoms with Gasteiger partial charge in [0, 0.05) is 16.7 Å². The maximum atomic E-state index is 6.02. The van der Waals surface area contributed by atoms with Gasteiger partial charge in [-0.2, -0.15) is 0 Å². The van der Waals surface area contributed by atoms with Crippen molar-refractivity contribution in [1.29, 1.82) is 0 Å². The molecular formula is C12H13NS. The number of hydrogen-bond donors (Lipinski definition) is 1. The molecule has 3 rings (SSSR count). The Kier molecular flexibility index (Phi) is 1.85. The lowest BCUT2D eigenvalue weighted by molar-refractivity contribution is 0.349. The van der Waals surface area contributed by atoms with E-state index in [1.165, 1.54) is 28.5 Å². The van der Waals surface area contributed by atoms with Crippen LogP contribution >= 0.6 is 11.3 Å². The summed E-state index contributed by atoms with van der Waals surface area (Å²) in [5.74, 6) is 0.609. The summed E-state index contributed by atoms with van der Waals surface area (Å²) in [6, 6.07) is 9.15. The Morgan fingerprint density at radius 1 is 1.21 bits per heavy atom. The first-order valence-electron chi connectivity index (χ1n) is 5.08. The predicted molar refractivity (Wildman–Crippen MR) is 61.8 cm³/mol. The average Bonchev–Trinajstić information content (AvgIpc) is 2.64. The van der Waals surface area contributed by atoms with Crippen molar-refractivity contribution in [2.75, 3.05) is 0 Å². The van der Waals surface area contributed by atoms with Crippen LogP contribution in [0.25, 0.3) is 10.1 Å². The highest BCUT2D eigenvalue weighted by Crippen LogP contribution is 2.40. The van der Waals surface area contributed by atoms with E-state index in [1.54, 1.807) is 0 Å². The first-order valence-corrected chi connectivity index (χ1v) is 5.96. The zero-order chi connectivity index (χ0) is 9.54. The largest absolute Gasteiger partial charge is 0.327 e. The topological polar surface area (TPSA) is 26.0 Å². The third-order valence-corrected chi connectivity index (χ3v) is 4.22. The number of rotatable bonds is 1. The standard InChI is InChI=1S/C12H13NS/c13-11-5-4-9(11)10-3-1-2-8-6-7-14-12(8)10/h1-3,6-7,9,11H,4-5,13H2. The average molecular weight is 203 g/mol. The van der Waals surface area contributed by atoms with E-state index in [1.807, 2.05) is 11.3 Å². The van der Waals surface area contributed by atoms with Crippen molar-refractivity contribution in [2.24, 2.45) is 5.73 Å². The molecule has 0 bridgehead atoms. The first kappa shape index (κ1) is 8.45. The minimum Gasteiger partial charge on any atom is -0.327 e. The van der Waals surface area contributed by atoms with Gasteiger partial charge < -0.3 is 5.73 Å². The molecule has 0 saturated heterocycles. The van der Waals surface area contributed by atoms with E-state index in [-0.39, 0.29) is 0 Å². The zero-order valence-corrected chi connectivity index (χ0v) is 8.76. The van der Waals surface area contributed by atoms with Gasteiger partial charge in [0.2, 0.25) is 0 Å². The summed E-state index contributed by atoms with van der Waals surface area (Å²) in [5, 5.41) is 3.53. The smallest absolute Gasteiger partial charge is 0.0378 e. The lowest BCUT2D eigenvalue weighted by Gasteiger charge is -2.34. The molecule has 2 heteroatoms. The van der Waals surface area contributed by atoms with Crippen molar-refractivity contribution >= 4 is 21.4 Å². The quantitative estimate of drug-likeness (QED) is 0.757. The Labute approximate surface area is 87.5 Å². The molecule has 0 spiro atoms. The van der Waals surface area contributed by atoms with Gasteiger partial charge >= 0.3 is 0 Å². The predicted octanol–water partition coefficient (Wildman–Crippen LogP) is 3.11. The van der Waals surface area contributed by atoms with Gasteiger partial charge in [-0.25, -0.2) is 0 Å². The van der Waals surface area contributed by atoms with Crippen LogP contribution in [0, 0.1) is 0 Å². The van der Waals surface area contributed by atoms with Gasteiger partial charge in [0.25, 0.3) is 0 Å². The second-order valence-corrected chi connectivity index (χ2v) is 4.95. The molecule has 1 aromatic heterocycles. The molecule has 1 nitrogen and oxygen atoms in total. The van der Waals surface area contributed by atoms with E-state index < -0.39 is 0 Å².